The Morgan fingerprint density at radius 2 is 1.66 bits per heavy atom. The zero-order valence-corrected chi connectivity index (χ0v) is 18.6. The second-order valence-electron chi connectivity index (χ2n) is 7.59. The summed E-state index contributed by atoms with van der Waals surface area (Å²) in [6.45, 7) is 2.27. The lowest BCUT2D eigenvalue weighted by Gasteiger charge is -2.15. The molecular formula is C26H23ClN2O3. The van der Waals surface area contributed by atoms with Crippen molar-refractivity contribution in [3.05, 3.63) is 100 Å². The Kier molecular flexibility index (Phi) is 6.28. The maximum Gasteiger partial charge on any atom is 0.278 e. The number of hydrogen-bond acceptors (Lipinski definition) is 4. The number of imide groups is 1. The maximum atomic E-state index is 13.4. The second kappa shape index (κ2) is 9.28. The van der Waals surface area contributed by atoms with Gasteiger partial charge in [0.1, 0.15) is 11.4 Å². The van der Waals surface area contributed by atoms with Crippen LogP contribution in [0.4, 0.5) is 5.69 Å². The number of halogens is 1. The lowest BCUT2D eigenvalue weighted by molar-refractivity contribution is -0.136. The molecule has 3 aromatic carbocycles. The van der Waals surface area contributed by atoms with Gasteiger partial charge >= 0.3 is 0 Å². The summed E-state index contributed by atoms with van der Waals surface area (Å²) in [4.78, 5) is 28.0. The third-order valence-corrected chi connectivity index (χ3v) is 5.69. The number of rotatable bonds is 7. The second-order valence-corrected chi connectivity index (χ2v) is 8.00. The highest BCUT2D eigenvalue weighted by atomic mass is 35.5. The molecule has 0 aliphatic carbocycles. The first-order valence-corrected chi connectivity index (χ1v) is 10.7. The van der Waals surface area contributed by atoms with Gasteiger partial charge in [-0.25, -0.2) is 0 Å². The standard InChI is InChI=1S/C26H23ClN2O3/c1-17-8-10-19(11-9-17)23-24(28-20-12-13-22(32-2)21(27)16-20)26(31)29(25(23)30)15-14-18-6-4-3-5-7-18/h3-13,16,28H,14-15H2,1-2H3. The van der Waals surface area contributed by atoms with E-state index in [0.717, 1.165) is 11.1 Å². The van der Waals surface area contributed by atoms with Crippen LogP contribution in [0.5, 0.6) is 5.75 Å². The smallest absolute Gasteiger partial charge is 0.278 e. The summed E-state index contributed by atoms with van der Waals surface area (Å²) >= 11 is 6.25. The molecule has 1 aliphatic rings. The number of benzene rings is 3. The Labute approximate surface area is 192 Å². The minimum atomic E-state index is -0.353. The van der Waals surface area contributed by atoms with Gasteiger partial charge in [0, 0.05) is 12.2 Å². The van der Waals surface area contributed by atoms with E-state index in [0.29, 0.717) is 40.6 Å². The fourth-order valence-electron chi connectivity index (χ4n) is 3.66. The van der Waals surface area contributed by atoms with Crippen LogP contribution in [-0.4, -0.2) is 30.4 Å². The Hall–Kier alpha value is -3.57. The van der Waals surface area contributed by atoms with Crippen molar-refractivity contribution in [3.63, 3.8) is 0 Å². The van der Waals surface area contributed by atoms with Gasteiger partial charge in [-0.2, -0.15) is 0 Å². The molecule has 162 valence electrons. The Morgan fingerprint density at radius 3 is 2.31 bits per heavy atom. The highest BCUT2D eigenvalue weighted by Crippen LogP contribution is 2.33. The summed E-state index contributed by atoms with van der Waals surface area (Å²) in [5, 5.41) is 3.54. The first kappa shape index (κ1) is 21.7. The third-order valence-electron chi connectivity index (χ3n) is 5.40. The number of carbonyl (C=O) groups is 2. The van der Waals surface area contributed by atoms with Crippen LogP contribution in [0, 0.1) is 6.92 Å². The van der Waals surface area contributed by atoms with E-state index in [-0.39, 0.29) is 17.5 Å². The molecule has 0 bridgehead atoms. The molecule has 0 unspecified atom stereocenters. The Morgan fingerprint density at radius 1 is 0.938 bits per heavy atom. The van der Waals surface area contributed by atoms with Crippen LogP contribution in [0.15, 0.2) is 78.5 Å². The molecule has 0 aromatic heterocycles. The van der Waals surface area contributed by atoms with Gasteiger partial charge in [0.25, 0.3) is 11.8 Å². The zero-order chi connectivity index (χ0) is 22.7. The van der Waals surface area contributed by atoms with Crippen molar-refractivity contribution < 1.29 is 14.3 Å². The van der Waals surface area contributed by atoms with E-state index in [4.69, 9.17) is 16.3 Å². The topological polar surface area (TPSA) is 58.6 Å². The van der Waals surface area contributed by atoms with Gasteiger partial charge in [0.05, 0.1) is 17.7 Å². The fraction of sp³-hybridized carbons (Fsp3) is 0.154. The summed E-state index contributed by atoms with van der Waals surface area (Å²) in [6.07, 6.45) is 0.584. The van der Waals surface area contributed by atoms with Crippen LogP contribution in [-0.2, 0) is 16.0 Å². The van der Waals surface area contributed by atoms with Crippen LogP contribution in [0.1, 0.15) is 16.7 Å². The SMILES string of the molecule is COc1ccc(NC2=C(c3ccc(C)cc3)C(=O)N(CCc3ccccc3)C2=O)cc1Cl. The minimum absolute atomic E-state index is 0.244. The van der Waals surface area contributed by atoms with Crippen molar-refractivity contribution in [2.75, 3.05) is 19.0 Å². The van der Waals surface area contributed by atoms with Crippen LogP contribution in [0.3, 0.4) is 0 Å². The maximum absolute atomic E-state index is 13.4. The van der Waals surface area contributed by atoms with Crippen LogP contribution in [0.25, 0.3) is 5.57 Å². The zero-order valence-electron chi connectivity index (χ0n) is 17.9. The molecule has 5 nitrogen and oxygen atoms in total. The number of methoxy groups -OCH3 is 1. The summed E-state index contributed by atoms with van der Waals surface area (Å²) in [6, 6.07) is 22.5. The molecule has 1 N–H and O–H groups in total. The number of ether oxygens (including phenoxy) is 1. The van der Waals surface area contributed by atoms with Crippen LogP contribution in [0.2, 0.25) is 5.02 Å². The van der Waals surface area contributed by atoms with Gasteiger partial charge < -0.3 is 10.1 Å². The molecule has 1 aliphatic heterocycles. The molecule has 2 amide bonds. The first-order chi connectivity index (χ1) is 15.5. The first-order valence-electron chi connectivity index (χ1n) is 10.3. The summed E-state index contributed by atoms with van der Waals surface area (Å²) in [5.74, 6) is -0.131. The predicted molar refractivity (Wildman–Crippen MR) is 127 cm³/mol. The van der Waals surface area contributed by atoms with E-state index < -0.39 is 0 Å². The van der Waals surface area contributed by atoms with Gasteiger partial charge in [-0.1, -0.05) is 71.8 Å². The molecule has 32 heavy (non-hydrogen) atoms. The van der Waals surface area contributed by atoms with E-state index in [2.05, 4.69) is 5.32 Å². The van der Waals surface area contributed by atoms with Gasteiger partial charge in [-0.05, 0) is 42.7 Å². The van der Waals surface area contributed by atoms with Gasteiger partial charge in [0.2, 0.25) is 0 Å². The van der Waals surface area contributed by atoms with Gasteiger partial charge in [0.15, 0.2) is 0 Å². The predicted octanol–water partition coefficient (Wildman–Crippen LogP) is 5.09. The highest BCUT2D eigenvalue weighted by molar-refractivity contribution is 6.36. The van der Waals surface area contributed by atoms with Gasteiger partial charge in [-0.3, -0.25) is 14.5 Å². The lowest BCUT2D eigenvalue weighted by Crippen LogP contribution is -2.34. The monoisotopic (exact) mass is 446 g/mol. The highest BCUT2D eigenvalue weighted by Gasteiger charge is 2.39. The van der Waals surface area contributed by atoms with Crippen molar-refractivity contribution in [3.8, 4) is 5.75 Å². The van der Waals surface area contributed by atoms with E-state index in [1.807, 2.05) is 61.5 Å². The fourth-order valence-corrected chi connectivity index (χ4v) is 3.91. The molecular weight excluding hydrogens is 424 g/mol. The van der Waals surface area contributed by atoms with Crippen molar-refractivity contribution >= 4 is 34.7 Å². The van der Waals surface area contributed by atoms with E-state index in [1.54, 1.807) is 18.2 Å². The van der Waals surface area contributed by atoms with Crippen LogP contribution >= 0.6 is 11.6 Å². The number of nitrogens with zero attached hydrogens (tertiary/aromatic N) is 1. The van der Waals surface area contributed by atoms with Crippen molar-refractivity contribution in [1.29, 1.82) is 0 Å². The van der Waals surface area contributed by atoms with Crippen LogP contribution < -0.4 is 10.1 Å². The van der Waals surface area contributed by atoms with Crippen molar-refractivity contribution in [2.45, 2.75) is 13.3 Å². The quantitative estimate of drug-likeness (QED) is 0.513. The average molecular weight is 447 g/mol. The number of nitrogens with one attached hydrogen (secondary N) is 1. The number of aryl methyl sites for hydroxylation is 1. The molecule has 0 atom stereocenters. The summed E-state index contributed by atoms with van der Waals surface area (Å²) in [7, 11) is 1.54. The molecule has 0 fully saturated rings. The molecule has 0 saturated heterocycles. The Bertz CT molecular complexity index is 1190. The normalized spacial score (nSPS) is 13.7. The number of amides is 2. The largest absolute Gasteiger partial charge is 0.495 e. The van der Waals surface area contributed by atoms with Crippen molar-refractivity contribution in [2.24, 2.45) is 0 Å². The molecule has 6 heteroatoms. The molecule has 0 saturated carbocycles. The Balaban J connectivity index is 1.67. The molecule has 4 rings (SSSR count). The van der Waals surface area contributed by atoms with E-state index >= 15 is 0 Å². The number of carbonyl (C=O) groups excluding carboxylic acids is 2. The molecule has 0 radical (unpaired) electrons. The van der Waals surface area contributed by atoms with E-state index in [1.165, 1.54) is 12.0 Å². The van der Waals surface area contributed by atoms with E-state index in [9.17, 15) is 9.59 Å². The average Bonchev–Trinajstić information content (AvgIpc) is 3.03. The number of anilines is 1. The van der Waals surface area contributed by atoms with Gasteiger partial charge in [-0.15, -0.1) is 0 Å². The number of hydrogen-bond donors (Lipinski definition) is 1. The third kappa shape index (κ3) is 4.39. The van der Waals surface area contributed by atoms with Crippen molar-refractivity contribution in [1.82, 2.24) is 4.90 Å². The minimum Gasteiger partial charge on any atom is -0.495 e. The summed E-state index contributed by atoms with van der Waals surface area (Å²) in [5.41, 5.74) is 4.03. The molecule has 1 heterocycles. The summed E-state index contributed by atoms with van der Waals surface area (Å²) < 4.78 is 5.20. The molecule has 0 spiro atoms. The lowest BCUT2D eigenvalue weighted by atomic mass is 10.0. The molecule has 3 aromatic rings.